The number of hydrogen-bond acceptors (Lipinski definition) is 4. The lowest BCUT2D eigenvalue weighted by atomic mass is 10.2. The van der Waals surface area contributed by atoms with E-state index in [0.29, 0.717) is 17.9 Å². The van der Waals surface area contributed by atoms with Crippen LogP contribution in [0.5, 0.6) is 0 Å². The number of amides is 2. The lowest BCUT2D eigenvalue weighted by molar-refractivity contribution is -0.384. The summed E-state index contributed by atoms with van der Waals surface area (Å²) in [6, 6.07) is 8.40. The number of hydrogen-bond donors (Lipinski definition) is 1. The smallest absolute Gasteiger partial charge is 0.308 e. The molecule has 2 aromatic carbocycles. The number of carbonyl (C=O) groups excluding carboxylic acids is 1. The molecule has 1 fully saturated rings. The van der Waals surface area contributed by atoms with Crippen LogP contribution in [0.1, 0.15) is 16.5 Å². The minimum absolute atomic E-state index is 0.0268. The first kappa shape index (κ1) is 20.3. The van der Waals surface area contributed by atoms with Gasteiger partial charge in [-0.05, 0) is 35.9 Å². The van der Waals surface area contributed by atoms with Gasteiger partial charge in [0.05, 0.1) is 15.5 Å². The summed E-state index contributed by atoms with van der Waals surface area (Å²) in [7, 11) is 0. The number of nitrogens with zero attached hydrogens (tertiary/aromatic N) is 2. The topological polar surface area (TPSA) is 75.5 Å². The Bertz CT molecular complexity index is 909. The summed E-state index contributed by atoms with van der Waals surface area (Å²) in [6.45, 7) is 0.387. The lowest BCUT2D eigenvalue weighted by Gasteiger charge is -2.24. The van der Waals surface area contributed by atoms with Crippen LogP contribution in [-0.4, -0.2) is 28.2 Å². The molecule has 2 aromatic rings. The minimum Gasteiger partial charge on any atom is -0.308 e. The molecule has 3 rings (SSSR count). The number of nitro groups is 1. The molecule has 1 saturated heterocycles. The van der Waals surface area contributed by atoms with Crippen molar-refractivity contribution in [1.82, 2.24) is 4.90 Å². The number of anilines is 1. The van der Waals surface area contributed by atoms with Gasteiger partial charge in [0.25, 0.3) is 5.69 Å². The van der Waals surface area contributed by atoms with Crippen LogP contribution < -0.4 is 5.32 Å². The Hall–Kier alpha value is -2.46. The first-order chi connectivity index (χ1) is 13.2. The van der Waals surface area contributed by atoms with E-state index in [1.165, 1.54) is 34.9 Å². The fourth-order valence-electron chi connectivity index (χ4n) is 2.73. The summed E-state index contributed by atoms with van der Waals surface area (Å²) < 4.78 is 38.9. The predicted octanol–water partition coefficient (Wildman–Crippen LogP) is 5.55. The number of urea groups is 1. The van der Waals surface area contributed by atoms with Crippen molar-refractivity contribution >= 4 is 40.8 Å². The molecule has 0 radical (unpaired) electrons. The third kappa shape index (κ3) is 4.33. The van der Waals surface area contributed by atoms with Crippen LogP contribution in [-0.2, 0) is 6.18 Å². The second-order valence-electron chi connectivity index (χ2n) is 5.89. The van der Waals surface area contributed by atoms with E-state index in [2.05, 4.69) is 5.32 Å². The van der Waals surface area contributed by atoms with E-state index < -0.39 is 33.1 Å². The normalized spacial score (nSPS) is 16.9. The van der Waals surface area contributed by atoms with Crippen LogP contribution in [0.4, 0.5) is 29.3 Å². The lowest BCUT2D eigenvalue weighted by Crippen LogP contribution is -2.34. The van der Waals surface area contributed by atoms with Crippen LogP contribution in [0.2, 0.25) is 5.02 Å². The second kappa shape index (κ2) is 7.88. The van der Waals surface area contributed by atoms with E-state index in [0.717, 1.165) is 12.1 Å². The monoisotopic (exact) mass is 431 g/mol. The Morgan fingerprint density at radius 2 is 1.93 bits per heavy atom. The molecule has 1 N–H and O–H groups in total. The number of alkyl halides is 3. The zero-order valence-electron chi connectivity index (χ0n) is 14.1. The van der Waals surface area contributed by atoms with Crippen molar-refractivity contribution in [3.8, 4) is 0 Å². The van der Waals surface area contributed by atoms with Crippen LogP contribution >= 0.6 is 23.4 Å². The van der Waals surface area contributed by atoms with Gasteiger partial charge in [0.15, 0.2) is 0 Å². The van der Waals surface area contributed by atoms with Gasteiger partial charge < -0.3 is 10.2 Å². The van der Waals surface area contributed by atoms with Gasteiger partial charge in [-0.15, -0.1) is 11.8 Å². The van der Waals surface area contributed by atoms with Gasteiger partial charge in [0.1, 0.15) is 5.37 Å². The highest BCUT2D eigenvalue weighted by Crippen LogP contribution is 2.39. The van der Waals surface area contributed by atoms with Crippen LogP contribution in [0, 0.1) is 10.1 Å². The molecule has 1 heterocycles. The molecule has 28 heavy (non-hydrogen) atoms. The van der Waals surface area contributed by atoms with E-state index in [4.69, 9.17) is 11.6 Å². The second-order valence-corrected chi connectivity index (χ2v) is 7.48. The summed E-state index contributed by atoms with van der Waals surface area (Å²) in [4.78, 5) is 24.3. The molecule has 2 amide bonds. The molecule has 1 aliphatic heterocycles. The van der Waals surface area contributed by atoms with Gasteiger partial charge in [-0.2, -0.15) is 13.2 Å². The Morgan fingerprint density at radius 1 is 1.25 bits per heavy atom. The molecule has 0 saturated carbocycles. The molecule has 1 unspecified atom stereocenters. The fraction of sp³-hybridized carbons (Fsp3) is 0.235. The maximum absolute atomic E-state index is 13.0. The van der Waals surface area contributed by atoms with E-state index in [-0.39, 0.29) is 11.4 Å². The van der Waals surface area contributed by atoms with Crippen molar-refractivity contribution in [3.05, 3.63) is 68.7 Å². The predicted molar refractivity (Wildman–Crippen MR) is 100 cm³/mol. The Kier molecular flexibility index (Phi) is 5.71. The Labute approximate surface area is 166 Å². The molecule has 6 nitrogen and oxygen atoms in total. The first-order valence-electron chi connectivity index (χ1n) is 7.97. The number of nitro benzene ring substituents is 1. The quantitative estimate of drug-likeness (QED) is 0.511. The zero-order chi connectivity index (χ0) is 20.5. The van der Waals surface area contributed by atoms with Crippen LogP contribution in [0.3, 0.4) is 0 Å². The molecule has 148 valence electrons. The third-order valence-corrected chi connectivity index (χ3v) is 5.65. The highest BCUT2D eigenvalue weighted by Gasteiger charge is 2.34. The summed E-state index contributed by atoms with van der Waals surface area (Å²) in [5.41, 5.74) is -0.435. The van der Waals surface area contributed by atoms with Crippen molar-refractivity contribution in [3.63, 3.8) is 0 Å². The SMILES string of the molecule is O=C(Nc1ccc(Cl)c(C(F)(F)F)c1)N1CCSC1c1ccc([N+](=O)[O-])cc1. The van der Waals surface area contributed by atoms with E-state index in [1.807, 2.05) is 0 Å². The number of thioether (sulfide) groups is 1. The number of carbonyl (C=O) groups is 1. The fourth-order valence-corrected chi connectivity index (χ4v) is 4.21. The van der Waals surface area contributed by atoms with Crippen LogP contribution in [0.25, 0.3) is 0 Å². The average Bonchev–Trinajstić information content (AvgIpc) is 3.12. The van der Waals surface area contributed by atoms with Crippen molar-refractivity contribution in [2.24, 2.45) is 0 Å². The number of benzene rings is 2. The summed E-state index contributed by atoms with van der Waals surface area (Å²) in [5, 5.41) is 12.4. The van der Waals surface area contributed by atoms with Crippen molar-refractivity contribution in [2.75, 3.05) is 17.6 Å². The summed E-state index contributed by atoms with van der Waals surface area (Å²) in [6.07, 6.45) is -4.64. The molecular weight excluding hydrogens is 419 g/mol. The maximum Gasteiger partial charge on any atom is 0.417 e. The van der Waals surface area contributed by atoms with Gasteiger partial charge in [-0.3, -0.25) is 10.1 Å². The van der Waals surface area contributed by atoms with E-state index in [9.17, 15) is 28.1 Å². The number of rotatable bonds is 3. The first-order valence-corrected chi connectivity index (χ1v) is 9.40. The molecule has 11 heteroatoms. The Balaban J connectivity index is 1.77. The number of halogens is 4. The zero-order valence-corrected chi connectivity index (χ0v) is 15.6. The average molecular weight is 432 g/mol. The van der Waals surface area contributed by atoms with E-state index >= 15 is 0 Å². The van der Waals surface area contributed by atoms with Gasteiger partial charge >= 0.3 is 12.2 Å². The Morgan fingerprint density at radius 3 is 2.54 bits per heavy atom. The van der Waals surface area contributed by atoms with Gasteiger partial charge in [0, 0.05) is 30.1 Å². The standard InChI is InChI=1S/C17H13ClF3N3O3S/c18-14-6-3-11(9-13(14)17(19,20)21)22-16(25)23-7-8-28-15(23)10-1-4-12(5-2-10)24(26)27/h1-6,9,15H,7-8H2,(H,22,25). The minimum atomic E-state index is -4.64. The van der Waals surface area contributed by atoms with Gasteiger partial charge in [0.2, 0.25) is 0 Å². The molecule has 1 aliphatic rings. The van der Waals surface area contributed by atoms with Gasteiger partial charge in [-0.25, -0.2) is 4.79 Å². The largest absolute Gasteiger partial charge is 0.417 e. The van der Waals surface area contributed by atoms with Gasteiger partial charge in [-0.1, -0.05) is 11.6 Å². The maximum atomic E-state index is 13.0. The van der Waals surface area contributed by atoms with Crippen LogP contribution in [0.15, 0.2) is 42.5 Å². The van der Waals surface area contributed by atoms with Crippen molar-refractivity contribution in [2.45, 2.75) is 11.6 Å². The summed E-state index contributed by atoms with van der Waals surface area (Å²) in [5.74, 6) is 0.628. The number of non-ortho nitro benzene ring substituents is 1. The molecule has 0 aliphatic carbocycles. The molecule has 0 bridgehead atoms. The molecule has 0 spiro atoms. The van der Waals surface area contributed by atoms with Crippen molar-refractivity contribution in [1.29, 1.82) is 0 Å². The van der Waals surface area contributed by atoms with E-state index in [1.54, 1.807) is 12.1 Å². The highest BCUT2D eigenvalue weighted by atomic mass is 35.5. The number of nitrogens with one attached hydrogen (secondary N) is 1. The van der Waals surface area contributed by atoms with Crippen molar-refractivity contribution < 1.29 is 22.9 Å². The highest BCUT2D eigenvalue weighted by molar-refractivity contribution is 7.99. The molecule has 0 aromatic heterocycles. The molecule has 1 atom stereocenters. The summed E-state index contributed by atoms with van der Waals surface area (Å²) >= 11 is 7.05. The molecular formula is C17H13ClF3N3O3S. The third-order valence-electron chi connectivity index (χ3n) is 4.06.